The summed E-state index contributed by atoms with van der Waals surface area (Å²) in [5, 5.41) is -4.53. The quantitative estimate of drug-likeness (QED) is 0.399. The maximum atomic E-state index is 13.5. The summed E-state index contributed by atoms with van der Waals surface area (Å²) >= 11 is 0. The van der Waals surface area contributed by atoms with Crippen molar-refractivity contribution in [1.29, 1.82) is 0 Å². The molecule has 2 nitrogen and oxygen atoms in total. The smallest absolute Gasteiger partial charge is 0.417 e. The molecule has 0 amide bonds. The Kier molecular flexibility index (Phi) is 3.61. The van der Waals surface area contributed by atoms with Crippen LogP contribution in [0.2, 0.25) is 0 Å². The number of hydrogen-bond donors (Lipinski definition) is 0. The Morgan fingerprint density at radius 1 is 0.652 bits per heavy atom. The monoisotopic (exact) mass is 354 g/mol. The molecule has 0 saturated carbocycles. The SMILES string of the molecule is O=c1oc(C(F)(F)F)c(C(F)(F)F)c2c(F)c(F)c(F)c(F)c12. The van der Waals surface area contributed by atoms with Gasteiger partial charge in [-0.1, -0.05) is 0 Å². The van der Waals surface area contributed by atoms with Crippen LogP contribution in [-0.4, -0.2) is 0 Å². The van der Waals surface area contributed by atoms with Crippen molar-refractivity contribution in [2.75, 3.05) is 0 Å². The second-order valence-electron chi connectivity index (χ2n) is 4.10. The van der Waals surface area contributed by atoms with E-state index in [1.807, 2.05) is 0 Å². The Morgan fingerprint density at radius 3 is 1.48 bits per heavy atom. The molecule has 126 valence electrons. The van der Waals surface area contributed by atoms with Gasteiger partial charge in [-0.25, -0.2) is 22.4 Å². The normalized spacial score (nSPS) is 13.0. The van der Waals surface area contributed by atoms with Crippen molar-refractivity contribution in [3.63, 3.8) is 0 Å². The van der Waals surface area contributed by atoms with Crippen molar-refractivity contribution in [2.45, 2.75) is 12.4 Å². The lowest BCUT2D eigenvalue weighted by molar-refractivity contribution is -0.174. The second kappa shape index (κ2) is 4.86. The van der Waals surface area contributed by atoms with Gasteiger partial charge < -0.3 is 4.42 Å². The molecule has 1 aromatic heterocycles. The summed E-state index contributed by atoms with van der Waals surface area (Å²) in [6.45, 7) is 0. The van der Waals surface area contributed by atoms with Crippen LogP contribution in [0.3, 0.4) is 0 Å². The minimum absolute atomic E-state index is 2.12. The molecule has 2 aromatic rings. The van der Waals surface area contributed by atoms with Gasteiger partial charge in [0.05, 0.1) is 0 Å². The van der Waals surface area contributed by atoms with Gasteiger partial charge in [0.2, 0.25) is 5.76 Å². The summed E-state index contributed by atoms with van der Waals surface area (Å²) in [5.41, 5.74) is -5.43. The maximum absolute atomic E-state index is 13.5. The molecule has 0 bridgehead atoms. The van der Waals surface area contributed by atoms with Gasteiger partial charge in [0.25, 0.3) is 0 Å². The van der Waals surface area contributed by atoms with E-state index in [0.717, 1.165) is 0 Å². The Hall–Kier alpha value is -2.27. The van der Waals surface area contributed by atoms with Gasteiger partial charge in [-0.05, 0) is 0 Å². The van der Waals surface area contributed by atoms with Crippen LogP contribution in [0.1, 0.15) is 11.3 Å². The van der Waals surface area contributed by atoms with E-state index in [-0.39, 0.29) is 0 Å². The van der Waals surface area contributed by atoms with Crippen molar-refractivity contribution in [3.05, 3.63) is 45.0 Å². The lowest BCUT2D eigenvalue weighted by atomic mass is 10.0. The third kappa shape index (κ3) is 2.51. The molecular weight excluding hydrogens is 354 g/mol. The first kappa shape index (κ1) is 17.1. The first-order chi connectivity index (χ1) is 10.3. The number of halogens is 10. The maximum Gasteiger partial charge on any atom is 0.450 e. The molecule has 2 rings (SSSR count). The van der Waals surface area contributed by atoms with E-state index in [0.29, 0.717) is 0 Å². The van der Waals surface area contributed by atoms with Crippen molar-refractivity contribution < 1.29 is 48.3 Å². The highest BCUT2D eigenvalue weighted by Crippen LogP contribution is 2.44. The number of benzene rings is 1. The van der Waals surface area contributed by atoms with Crippen molar-refractivity contribution >= 4 is 10.8 Å². The third-order valence-corrected chi connectivity index (χ3v) is 2.68. The molecule has 0 aliphatic heterocycles. The van der Waals surface area contributed by atoms with Crippen LogP contribution in [0.25, 0.3) is 10.8 Å². The summed E-state index contributed by atoms with van der Waals surface area (Å²) in [6, 6.07) is 0. The van der Waals surface area contributed by atoms with Crippen molar-refractivity contribution in [3.8, 4) is 0 Å². The standard InChI is InChI=1S/C11F10O2/c12-4-1-2(5(13)7(15)6(4)14)9(22)23-8(11(19,20)21)3(1)10(16,17)18. The van der Waals surface area contributed by atoms with Gasteiger partial charge in [-0.3, -0.25) is 0 Å². The van der Waals surface area contributed by atoms with E-state index in [1.54, 1.807) is 0 Å². The van der Waals surface area contributed by atoms with E-state index in [1.165, 1.54) is 0 Å². The van der Waals surface area contributed by atoms with Crippen LogP contribution in [-0.2, 0) is 12.4 Å². The van der Waals surface area contributed by atoms with Crippen LogP contribution in [0.15, 0.2) is 9.21 Å². The first-order valence-corrected chi connectivity index (χ1v) is 5.25. The predicted molar refractivity (Wildman–Crippen MR) is 52.3 cm³/mol. The molecule has 0 saturated heterocycles. The summed E-state index contributed by atoms with van der Waals surface area (Å²) in [5.74, 6) is -13.9. The Morgan fingerprint density at radius 2 is 1.09 bits per heavy atom. The molecule has 0 aliphatic carbocycles. The van der Waals surface area contributed by atoms with Gasteiger partial charge >= 0.3 is 18.0 Å². The molecular formula is C11F10O2. The van der Waals surface area contributed by atoms with Gasteiger partial charge in [0.15, 0.2) is 23.3 Å². The van der Waals surface area contributed by atoms with Crippen LogP contribution >= 0.6 is 0 Å². The zero-order valence-electron chi connectivity index (χ0n) is 10.1. The lowest BCUT2D eigenvalue weighted by Gasteiger charge is -2.16. The fourth-order valence-corrected chi connectivity index (χ4v) is 1.84. The largest absolute Gasteiger partial charge is 0.450 e. The molecule has 0 radical (unpaired) electrons. The minimum Gasteiger partial charge on any atom is -0.417 e. The van der Waals surface area contributed by atoms with Gasteiger partial charge in [0, 0.05) is 5.39 Å². The highest BCUT2D eigenvalue weighted by atomic mass is 19.4. The van der Waals surface area contributed by atoms with Gasteiger partial charge in [-0.15, -0.1) is 0 Å². The predicted octanol–water partition coefficient (Wildman–Crippen LogP) is 4.39. The molecule has 1 aromatic carbocycles. The van der Waals surface area contributed by atoms with Crippen LogP contribution in [0.4, 0.5) is 43.9 Å². The Balaban J connectivity index is 3.27. The highest BCUT2D eigenvalue weighted by Gasteiger charge is 2.49. The molecule has 0 aliphatic rings. The van der Waals surface area contributed by atoms with E-state index in [4.69, 9.17) is 0 Å². The topological polar surface area (TPSA) is 30.2 Å². The van der Waals surface area contributed by atoms with Crippen LogP contribution in [0.5, 0.6) is 0 Å². The Bertz CT molecular complexity index is 859. The van der Waals surface area contributed by atoms with Crippen molar-refractivity contribution in [1.82, 2.24) is 0 Å². The second-order valence-corrected chi connectivity index (χ2v) is 4.10. The van der Waals surface area contributed by atoms with Crippen LogP contribution < -0.4 is 5.63 Å². The molecule has 12 heteroatoms. The van der Waals surface area contributed by atoms with E-state index < -0.39 is 63.3 Å². The van der Waals surface area contributed by atoms with Gasteiger partial charge in [-0.2, -0.15) is 26.3 Å². The van der Waals surface area contributed by atoms with E-state index in [9.17, 15) is 48.7 Å². The third-order valence-electron chi connectivity index (χ3n) is 2.68. The number of alkyl halides is 6. The molecule has 23 heavy (non-hydrogen) atoms. The highest BCUT2D eigenvalue weighted by molar-refractivity contribution is 5.87. The van der Waals surface area contributed by atoms with E-state index in [2.05, 4.69) is 4.42 Å². The molecule has 0 fully saturated rings. The number of rotatable bonds is 0. The molecule has 0 N–H and O–H groups in total. The number of hydrogen-bond acceptors (Lipinski definition) is 2. The Labute approximate surface area is 117 Å². The van der Waals surface area contributed by atoms with E-state index >= 15 is 0 Å². The molecule has 0 spiro atoms. The lowest BCUT2D eigenvalue weighted by Crippen LogP contribution is -2.23. The fourth-order valence-electron chi connectivity index (χ4n) is 1.84. The van der Waals surface area contributed by atoms with Crippen molar-refractivity contribution in [2.24, 2.45) is 0 Å². The molecule has 0 unspecified atom stereocenters. The average Bonchev–Trinajstić information content (AvgIpc) is 2.39. The zero-order valence-corrected chi connectivity index (χ0v) is 10.1. The zero-order chi connectivity index (χ0) is 17.9. The summed E-state index contributed by atoms with van der Waals surface area (Å²) in [7, 11) is 0. The minimum atomic E-state index is -6.02. The summed E-state index contributed by atoms with van der Waals surface area (Å²) in [4.78, 5) is 11.2. The number of fused-ring (bicyclic) bond motifs is 1. The molecule has 1 heterocycles. The summed E-state index contributed by atoms with van der Waals surface area (Å²) < 4.78 is 133. The summed E-state index contributed by atoms with van der Waals surface area (Å²) in [6.07, 6.45) is -12.0. The van der Waals surface area contributed by atoms with Gasteiger partial charge in [0.1, 0.15) is 10.9 Å². The van der Waals surface area contributed by atoms with Crippen LogP contribution in [0, 0.1) is 23.3 Å². The first-order valence-electron chi connectivity index (χ1n) is 5.25. The fraction of sp³-hybridized carbons (Fsp3) is 0.182. The molecule has 0 atom stereocenters. The average molecular weight is 354 g/mol.